The molecule has 1 atom stereocenters. The maximum atomic E-state index is 14.0. The molecule has 0 aliphatic heterocycles. The van der Waals surface area contributed by atoms with Crippen LogP contribution in [0.15, 0.2) is 51.2 Å². The molecule has 1 unspecified atom stereocenters. The molecule has 26 heavy (non-hydrogen) atoms. The van der Waals surface area contributed by atoms with Gasteiger partial charge in [0.05, 0.1) is 5.41 Å². The second-order valence-electron chi connectivity index (χ2n) is 5.99. The van der Waals surface area contributed by atoms with Crippen molar-refractivity contribution in [2.24, 2.45) is 0 Å². The van der Waals surface area contributed by atoms with Crippen LogP contribution in [0.2, 0.25) is 10.0 Å². The normalized spacial score (nSPS) is 15.0. The topological polar surface area (TPSA) is 0 Å². The lowest BCUT2D eigenvalue weighted by Gasteiger charge is -2.34. The fourth-order valence-corrected chi connectivity index (χ4v) is 3.83. The van der Waals surface area contributed by atoms with E-state index in [9.17, 15) is 13.2 Å². The van der Waals surface area contributed by atoms with E-state index in [1.807, 2.05) is 0 Å². The standard InChI is InChI=1S/C18H14BrCl2F3S2/c1-17(18(22,23)24,12-5-13(20)7-14(21)6-12)8-11(9-25)10-2-3-16(26)15(19)4-10/h2-7,9,25-26H,8H2,1H3/b11-9+. The van der Waals surface area contributed by atoms with Crippen LogP contribution in [0, 0.1) is 0 Å². The molecule has 0 nitrogen and oxygen atoms in total. The first kappa shape index (κ1) is 22.0. The smallest absolute Gasteiger partial charge is 0.170 e. The van der Waals surface area contributed by atoms with Crippen molar-refractivity contribution in [2.75, 3.05) is 0 Å². The van der Waals surface area contributed by atoms with Crippen molar-refractivity contribution in [3.63, 3.8) is 0 Å². The lowest BCUT2D eigenvalue weighted by molar-refractivity contribution is -0.184. The van der Waals surface area contributed by atoms with Gasteiger partial charge in [0.15, 0.2) is 0 Å². The molecule has 140 valence electrons. The van der Waals surface area contributed by atoms with Crippen LogP contribution in [-0.4, -0.2) is 6.18 Å². The van der Waals surface area contributed by atoms with Crippen LogP contribution in [0.1, 0.15) is 24.5 Å². The molecular formula is C18H14BrCl2F3S2. The molecule has 0 bridgehead atoms. The van der Waals surface area contributed by atoms with E-state index in [4.69, 9.17) is 23.2 Å². The van der Waals surface area contributed by atoms with E-state index in [1.54, 1.807) is 18.2 Å². The van der Waals surface area contributed by atoms with Crippen LogP contribution in [0.3, 0.4) is 0 Å². The van der Waals surface area contributed by atoms with Crippen molar-refractivity contribution in [3.8, 4) is 0 Å². The summed E-state index contributed by atoms with van der Waals surface area (Å²) in [6, 6.07) is 9.12. The Bertz CT molecular complexity index is 833. The maximum Gasteiger partial charge on any atom is 0.398 e. The lowest BCUT2D eigenvalue weighted by atomic mass is 9.75. The fraction of sp³-hybridized carbons (Fsp3) is 0.222. The molecule has 2 rings (SSSR count). The number of hydrogen-bond acceptors (Lipinski definition) is 2. The first-order valence-electron chi connectivity index (χ1n) is 7.33. The van der Waals surface area contributed by atoms with E-state index in [0.29, 0.717) is 20.5 Å². The zero-order valence-electron chi connectivity index (χ0n) is 13.4. The highest BCUT2D eigenvalue weighted by Gasteiger charge is 2.52. The summed E-state index contributed by atoms with van der Waals surface area (Å²) in [5.41, 5.74) is -1.14. The van der Waals surface area contributed by atoms with Crippen molar-refractivity contribution < 1.29 is 13.2 Å². The molecule has 0 N–H and O–H groups in total. The van der Waals surface area contributed by atoms with Gasteiger partial charge in [0, 0.05) is 19.4 Å². The van der Waals surface area contributed by atoms with E-state index in [-0.39, 0.29) is 22.0 Å². The number of benzene rings is 2. The van der Waals surface area contributed by atoms with Gasteiger partial charge >= 0.3 is 6.18 Å². The summed E-state index contributed by atoms with van der Waals surface area (Å²) in [4.78, 5) is 0.687. The molecule has 2 aromatic rings. The zero-order chi connectivity index (χ0) is 19.7. The molecule has 0 aliphatic rings. The van der Waals surface area contributed by atoms with Gasteiger partial charge in [0.1, 0.15) is 0 Å². The number of hydrogen-bond donors (Lipinski definition) is 2. The maximum absolute atomic E-state index is 14.0. The second kappa shape index (κ2) is 8.39. The van der Waals surface area contributed by atoms with E-state index in [1.165, 1.54) is 23.6 Å². The SMILES string of the molecule is CC(C/C(=C\S)c1ccc(S)c(Br)c1)(c1cc(Cl)cc(Cl)c1)C(F)(F)F. The highest BCUT2D eigenvalue weighted by molar-refractivity contribution is 9.10. The molecule has 0 aliphatic carbocycles. The highest BCUT2D eigenvalue weighted by atomic mass is 79.9. The Balaban J connectivity index is 2.55. The van der Waals surface area contributed by atoms with Gasteiger partial charge < -0.3 is 0 Å². The monoisotopic (exact) mass is 500 g/mol. The molecule has 0 heterocycles. The zero-order valence-corrected chi connectivity index (χ0v) is 18.3. The number of rotatable bonds is 4. The van der Waals surface area contributed by atoms with Crippen molar-refractivity contribution in [3.05, 3.63) is 67.5 Å². The molecule has 0 saturated heterocycles. The van der Waals surface area contributed by atoms with Gasteiger partial charge in [-0.2, -0.15) is 25.8 Å². The largest absolute Gasteiger partial charge is 0.398 e. The molecule has 0 radical (unpaired) electrons. The minimum absolute atomic E-state index is 0.0000596. The van der Waals surface area contributed by atoms with Crippen molar-refractivity contribution in [1.82, 2.24) is 0 Å². The van der Waals surface area contributed by atoms with Gasteiger partial charge in [-0.25, -0.2) is 0 Å². The predicted molar refractivity (Wildman–Crippen MR) is 113 cm³/mol. The number of thiol groups is 2. The molecule has 2 aromatic carbocycles. The van der Waals surface area contributed by atoms with Gasteiger partial charge in [-0.05, 0) is 81.7 Å². The Hall–Kier alpha value is -0.270. The Morgan fingerprint density at radius 2 is 1.69 bits per heavy atom. The van der Waals surface area contributed by atoms with Gasteiger partial charge in [-0.15, -0.1) is 12.6 Å². The Kier molecular flexibility index (Phi) is 7.11. The van der Waals surface area contributed by atoms with Gasteiger partial charge in [0.25, 0.3) is 0 Å². The van der Waals surface area contributed by atoms with Crippen LogP contribution < -0.4 is 0 Å². The summed E-state index contributed by atoms with van der Waals surface area (Å²) in [7, 11) is 0. The summed E-state index contributed by atoms with van der Waals surface area (Å²) in [6.45, 7) is 1.13. The lowest BCUT2D eigenvalue weighted by Crippen LogP contribution is -2.39. The minimum Gasteiger partial charge on any atom is -0.170 e. The number of allylic oxidation sites excluding steroid dienone is 1. The molecule has 0 saturated carbocycles. The number of alkyl halides is 3. The molecule has 0 fully saturated rings. The summed E-state index contributed by atoms with van der Waals surface area (Å²) < 4.78 is 42.8. The van der Waals surface area contributed by atoms with Crippen LogP contribution >= 0.6 is 64.4 Å². The van der Waals surface area contributed by atoms with Crippen LogP contribution in [0.5, 0.6) is 0 Å². The fourth-order valence-electron chi connectivity index (χ4n) is 2.55. The van der Waals surface area contributed by atoms with Crippen LogP contribution in [0.25, 0.3) is 5.57 Å². The molecule has 0 amide bonds. The van der Waals surface area contributed by atoms with E-state index < -0.39 is 11.6 Å². The van der Waals surface area contributed by atoms with Gasteiger partial charge in [-0.3, -0.25) is 0 Å². The third-order valence-electron chi connectivity index (χ3n) is 4.14. The summed E-state index contributed by atoms with van der Waals surface area (Å²) in [5.74, 6) is 0. The summed E-state index contributed by atoms with van der Waals surface area (Å²) >= 11 is 23.6. The molecular weight excluding hydrogens is 488 g/mol. The highest BCUT2D eigenvalue weighted by Crippen LogP contribution is 2.48. The molecule has 0 aromatic heterocycles. The minimum atomic E-state index is -4.52. The third-order valence-corrected chi connectivity index (χ3v) is 6.24. The van der Waals surface area contributed by atoms with Crippen LogP contribution in [0.4, 0.5) is 13.2 Å². The summed E-state index contributed by atoms with van der Waals surface area (Å²) in [6.07, 6.45) is -4.85. The number of halogens is 6. The second-order valence-corrected chi connectivity index (χ2v) is 8.45. The van der Waals surface area contributed by atoms with Gasteiger partial charge in [-0.1, -0.05) is 29.3 Å². The Morgan fingerprint density at radius 1 is 1.12 bits per heavy atom. The Labute approximate surface area is 179 Å². The van der Waals surface area contributed by atoms with Crippen molar-refractivity contribution in [1.29, 1.82) is 0 Å². The average molecular weight is 502 g/mol. The predicted octanol–water partition coefficient (Wildman–Crippen LogP) is 8.23. The first-order chi connectivity index (χ1) is 12.0. The first-order valence-corrected chi connectivity index (χ1v) is 9.84. The summed E-state index contributed by atoms with van der Waals surface area (Å²) in [5, 5.41) is 1.69. The average Bonchev–Trinajstić information content (AvgIpc) is 2.53. The molecule has 8 heteroatoms. The molecule has 0 spiro atoms. The van der Waals surface area contributed by atoms with Crippen molar-refractivity contribution in [2.45, 2.75) is 29.8 Å². The van der Waals surface area contributed by atoms with E-state index in [2.05, 4.69) is 41.2 Å². The Morgan fingerprint density at radius 3 is 2.15 bits per heavy atom. The van der Waals surface area contributed by atoms with E-state index >= 15 is 0 Å². The quantitative estimate of drug-likeness (QED) is 0.387. The van der Waals surface area contributed by atoms with E-state index in [0.717, 1.165) is 6.92 Å². The van der Waals surface area contributed by atoms with Gasteiger partial charge in [0.2, 0.25) is 0 Å². The van der Waals surface area contributed by atoms with Crippen molar-refractivity contribution >= 4 is 70.0 Å². The third kappa shape index (κ3) is 4.76. The van der Waals surface area contributed by atoms with Crippen LogP contribution in [-0.2, 0) is 5.41 Å².